The van der Waals surface area contributed by atoms with Crippen molar-refractivity contribution in [2.45, 2.75) is 19.3 Å². The largest absolute Gasteiger partial charge is 0.357 e. The molecule has 0 unspecified atom stereocenters. The van der Waals surface area contributed by atoms with Crippen LogP contribution in [0, 0.1) is 0 Å². The highest BCUT2D eigenvalue weighted by molar-refractivity contribution is 5.82. The molecule has 1 heterocycles. The van der Waals surface area contributed by atoms with Crippen molar-refractivity contribution in [1.82, 2.24) is 5.32 Å². The maximum atomic E-state index is 3.40. The Bertz CT molecular complexity index is 667. The van der Waals surface area contributed by atoms with E-state index in [0.717, 1.165) is 19.8 Å². The lowest BCUT2D eigenvalue weighted by molar-refractivity contribution is 0.660. The first-order valence-electron chi connectivity index (χ1n) is 7.38. The number of hydrogen-bond donors (Lipinski definition) is 1. The summed E-state index contributed by atoms with van der Waals surface area (Å²) in [5, 5.41) is 3.40. The van der Waals surface area contributed by atoms with E-state index in [1.165, 1.54) is 27.9 Å². The van der Waals surface area contributed by atoms with E-state index in [9.17, 15) is 0 Å². The molecule has 0 saturated carbocycles. The maximum absolute atomic E-state index is 3.40. The number of benzene rings is 2. The molecule has 0 radical (unpaired) electrons. The molecule has 1 N–H and O–H groups in total. The van der Waals surface area contributed by atoms with Gasteiger partial charge in [-0.1, -0.05) is 44.2 Å². The average Bonchev–Trinajstić information content (AvgIpc) is 3.07. The fourth-order valence-corrected chi connectivity index (χ4v) is 3.62. The van der Waals surface area contributed by atoms with Crippen molar-refractivity contribution < 1.29 is 0 Å². The zero-order chi connectivity index (χ0) is 13.7. The molecule has 4 rings (SSSR count). The molecule has 2 aliphatic rings. The number of fused-ring (bicyclic) bond motifs is 3. The molecule has 2 aromatic rings. The van der Waals surface area contributed by atoms with Gasteiger partial charge in [0.1, 0.15) is 0 Å². The zero-order valence-corrected chi connectivity index (χ0v) is 12.1. The van der Waals surface area contributed by atoms with Crippen molar-refractivity contribution in [2.75, 3.05) is 24.7 Å². The second-order valence-corrected chi connectivity index (χ2v) is 6.32. The van der Waals surface area contributed by atoms with Gasteiger partial charge in [0.05, 0.1) is 6.67 Å². The molecule has 1 aliphatic heterocycles. The third-order valence-corrected chi connectivity index (χ3v) is 4.79. The van der Waals surface area contributed by atoms with Crippen molar-refractivity contribution in [2.24, 2.45) is 0 Å². The van der Waals surface area contributed by atoms with Crippen LogP contribution in [0.3, 0.4) is 0 Å². The molecule has 20 heavy (non-hydrogen) atoms. The second kappa shape index (κ2) is 4.10. The number of hydrogen-bond acceptors (Lipinski definition) is 2. The van der Waals surface area contributed by atoms with Gasteiger partial charge in [0, 0.05) is 24.2 Å². The third kappa shape index (κ3) is 1.55. The summed E-state index contributed by atoms with van der Waals surface area (Å²) >= 11 is 0. The fourth-order valence-electron chi connectivity index (χ4n) is 3.62. The first-order chi connectivity index (χ1) is 9.68. The topological polar surface area (TPSA) is 15.3 Å². The van der Waals surface area contributed by atoms with E-state index in [-0.39, 0.29) is 5.41 Å². The molecule has 2 heteroatoms. The maximum Gasteiger partial charge on any atom is 0.0683 e. The summed E-state index contributed by atoms with van der Waals surface area (Å²) in [6, 6.07) is 15.8. The minimum absolute atomic E-state index is 0.106. The lowest BCUT2D eigenvalue weighted by Gasteiger charge is -2.24. The van der Waals surface area contributed by atoms with E-state index in [1.54, 1.807) is 0 Å². The van der Waals surface area contributed by atoms with Gasteiger partial charge in [0.15, 0.2) is 0 Å². The number of nitrogens with zero attached hydrogens (tertiary/aromatic N) is 1. The van der Waals surface area contributed by atoms with Crippen LogP contribution >= 0.6 is 0 Å². The van der Waals surface area contributed by atoms with E-state index in [4.69, 9.17) is 0 Å². The second-order valence-electron chi connectivity index (χ2n) is 6.32. The number of anilines is 1. The van der Waals surface area contributed by atoms with Crippen LogP contribution in [0.1, 0.15) is 25.0 Å². The molecule has 0 amide bonds. The van der Waals surface area contributed by atoms with Crippen molar-refractivity contribution in [3.8, 4) is 11.1 Å². The van der Waals surface area contributed by atoms with Crippen LogP contribution in [-0.2, 0) is 5.41 Å². The minimum Gasteiger partial charge on any atom is -0.357 e. The number of rotatable bonds is 1. The Kier molecular flexibility index (Phi) is 2.45. The van der Waals surface area contributed by atoms with Crippen LogP contribution in [0.2, 0.25) is 0 Å². The Morgan fingerprint density at radius 3 is 2.60 bits per heavy atom. The van der Waals surface area contributed by atoms with E-state index >= 15 is 0 Å². The van der Waals surface area contributed by atoms with Crippen LogP contribution in [0.15, 0.2) is 42.5 Å². The van der Waals surface area contributed by atoms with Gasteiger partial charge in [0.25, 0.3) is 0 Å². The van der Waals surface area contributed by atoms with E-state index in [2.05, 4.69) is 66.5 Å². The summed E-state index contributed by atoms with van der Waals surface area (Å²) in [5.74, 6) is 0. The monoisotopic (exact) mass is 264 g/mol. The Labute approximate surface area is 120 Å². The molecule has 1 saturated heterocycles. The number of nitrogens with one attached hydrogen (secondary N) is 1. The summed E-state index contributed by atoms with van der Waals surface area (Å²) in [5.41, 5.74) is 7.17. The third-order valence-electron chi connectivity index (χ3n) is 4.79. The van der Waals surface area contributed by atoms with E-state index < -0.39 is 0 Å². The summed E-state index contributed by atoms with van der Waals surface area (Å²) in [6.07, 6.45) is 0. The highest BCUT2D eigenvalue weighted by Crippen LogP contribution is 2.49. The Morgan fingerprint density at radius 1 is 1.00 bits per heavy atom. The SMILES string of the molecule is CC1(C)c2ccccc2-c2ccc(N3CCNC3)cc21. The summed E-state index contributed by atoms with van der Waals surface area (Å²) in [6.45, 7) is 7.83. The van der Waals surface area contributed by atoms with Crippen LogP contribution in [0.5, 0.6) is 0 Å². The van der Waals surface area contributed by atoms with Crippen molar-refractivity contribution in [3.63, 3.8) is 0 Å². The summed E-state index contributed by atoms with van der Waals surface area (Å²) in [7, 11) is 0. The van der Waals surface area contributed by atoms with E-state index in [1.807, 2.05) is 0 Å². The molecule has 2 nitrogen and oxygen atoms in total. The molecular weight excluding hydrogens is 244 g/mol. The Morgan fingerprint density at radius 2 is 1.80 bits per heavy atom. The predicted molar refractivity (Wildman–Crippen MR) is 84.2 cm³/mol. The zero-order valence-electron chi connectivity index (χ0n) is 12.1. The molecule has 0 atom stereocenters. The molecule has 0 bridgehead atoms. The quantitative estimate of drug-likeness (QED) is 0.849. The van der Waals surface area contributed by atoms with Crippen LogP contribution in [-0.4, -0.2) is 19.8 Å². The minimum atomic E-state index is 0.106. The molecule has 2 aromatic carbocycles. The van der Waals surface area contributed by atoms with E-state index in [0.29, 0.717) is 0 Å². The first kappa shape index (κ1) is 12.0. The smallest absolute Gasteiger partial charge is 0.0683 e. The standard InChI is InChI=1S/C18H20N2/c1-18(2)16-6-4-3-5-14(16)15-8-7-13(11-17(15)18)20-10-9-19-12-20/h3-8,11,19H,9-10,12H2,1-2H3. The lowest BCUT2D eigenvalue weighted by atomic mass is 9.82. The van der Waals surface area contributed by atoms with Gasteiger partial charge >= 0.3 is 0 Å². The van der Waals surface area contributed by atoms with Gasteiger partial charge in [-0.15, -0.1) is 0 Å². The molecule has 102 valence electrons. The molecular formula is C18H20N2. The van der Waals surface area contributed by atoms with Crippen molar-refractivity contribution in [1.29, 1.82) is 0 Å². The molecule has 0 aromatic heterocycles. The highest BCUT2D eigenvalue weighted by atomic mass is 15.3. The van der Waals surface area contributed by atoms with Crippen LogP contribution < -0.4 is 10.2 Å². The molecule has 1 fully saturated rings. The van der Waals surface area contributed by atoms with Crippen molar-refractivity contribution >= 4 is 5.69 Å². The van der Waals surface area contributed by atoms with Gasteiger partial charge in [-0.3, -0.25) is 5.32 Å². The van der Waals surface area contributed by atoms with Gasteiger partial charge < -0.3 is 4.90 Å². The van der Waals surface area contributed by atoms with Gasteiger partial charge in [-0.25, -0.2) is 0 Å². The molecule has 0 spiro atoms. The Hall–Kier alpha value is -1.80. The van der Waals surface area contributed by atoms with Crippen molar-refractivity contribution in [3.05, 3.63) is 53.6 Å². The Balaban J connectivity index is 1.87. The summed E-state index contributed by atoms with van der Waals surface area (Å²) in [4.78, 5) is 2.42. The fraction of sp³-hybridized carbons (Fsp3) is 0.333. The van der Waals surface area contributed by atoms with Crippen LogP contribution in [0.25, 0.3) is 11.1 Å². The van der Waals surface area contributed by atoms with Gasteiger partial charge in [-0.2, -0.15) is 0 Å². The van der Waals surface area contributed by atoms with Gasteiger partial charge in [-0.05, 0) is 34.4 Å². The van der Waals surface area contributed by atoms with Crippen LogP contribution in [0.4, 0.5) is 5.69 Å². The highest BCUT2D eigenvalue weighted by Gasteiger charge is 2.35. The first-order valence-corrected chi connectivity index (χ1v) is 7.38. The normalized spacial score (nSPS) is 19.0. The predicted octanol–water partition coefficient (Wildman–Crippen LogP) is 3.36. The summed E-state index contributed by atoms with van der Waals surface area (Å²) < 4.78 is 0. The lowest BCUT2D eigenvalue weighted by Crippen LogP contribution is -2.22. The average molecular weight is 264 g/mol. The molecule has 1 aliphatic carbocycles. The van der Waals surface area contributed by atoms with Gasteiger partial charge in [0.2, 0.25) is 0 Å².